The van der Waals surface area contributed by atoms with Gasteiger partial charge in [-0.15, -0.1) is 0 Å². The third kappa shape index (κ3) is 2.58. The Hall–Kier alpha value is -1.94. The Balaban J connectivity index is 1.99. The number of nitrogens with one attached hydrogen (secondary N) is 1. The molecule has 1 aromatic heterocycles. The minimum absolute atomic E-state index is 0.0913. The lowest BCUT2D eigenvalue weighted by molar-refractivity contribution is 0.0502. The molecule has 0 bridgehead atoms. The molecule has 1 fully saturated rings. The Morgan fingerprint density at radius 3 is 2.74 bits per heavy atom. The van der Waals surface area contributed by atoms with E-state index in [9.17, 15) is 4.79 Å². The highest BCUT2D eigenvalue weighted by Gasteiger charge is 2.25. The lowest BCUT2D eigenvalue weighted by Gasteiger charge is -2.11. The number of hydrogen-bond acceptors (Lipinski definition) is 3. The highest BCUT2D eigenvalue weighted by atomic mass is 16.5. The molecule has 0 amide bonds. The maximum atomic E-state index is 11.8. The van der Waals surface area contributed by atoms with E-state index in [1.54, 1.807) is 0 Å². The van der Waals surface area contributed by atoms with Crippen molar-refractivity contribution in [1.82, 2.24) is 9.97 Å². The molecule has 3 rings (SSSR count). The molecular weight excluding hydrogens is 240 g/mol. The van der Waals surface area contributed by atoms with Crippen LogP contribution in [-0.4, -0.2) is 16.1 Å². The average molecular weight is 256 g/mol. The fourth-order valence-corrected chi connectivity index (χ4v) is 2.39. The van der Waals surface area contributed by atoms with E-state index in [4.69, 9.17) is 4.74 Å². The van der Waals surface area contributed by atoms with E-state index in [2.05, 4.69) is 9.97 Å². The molecule has 19 heavy (non-hydrogen) atoms. The fourth-order valence-electron chi connectivity index (χ4n) is 2.39. The maximum absolute atomic E-state index is 11.8. The molecule has 0 aliphatic carbocycles. The van der Waals surface area contributed by atoms with Crippen molar-refractivity contribution in [3.05, 3.63) is 52.6 Å². The third-order valence-electron chi connectivity index (χ3n) is 3.37. The summed E-state index contributed by atoms with van der Waals surface area (Å²) < 4.78 is 5.76. The van der Waals surface area contributed by atoms with E-state index < -0.39 is 0 Å². The third-order valence-corrected chi connectivity index (χ3v) is 3.37. The second-order valence-corrected chi connectivity index (χ2v) is 4.89. The number of benzene rings is 1. The molecule has 4 heteroatoms. The summed E-state index contributed by atoms with van der Waals surface area (Å²) >= 11 is 0. The number of nitrogens with zero attached hydrogens (tertiary/aromatic N) is 1. The number of H-pyrrole nitrogens is 1. The quantitative estimate of drug-likeness (QED) is 0.898. The van der Waals surface area contributed by atoms with Crippen molar-refractivity contribution in [2.24, 2.45) is 0 Å². The van der Waals surface area contributed by atoms with Gasteiger partial charge in [-0.1, -0.05) is 30.3 Å². The summed E-state index contributed by atoms with van der Waals surface area (Å²) in [6.45, 7) is 2.04. The number of aromatic nitrogens is 2. The topological polar surface area (TPSA) is 55.0 Å². The van der Waals surface area contributed by atoms with Crippen LogP contribution in [0.25, 0.3) is 11.3 Å². The SMILES string of the molecule is CC1CCC(c2nc(-c3ccccc3)cc(=O)[nH]2)O1. The molecule has 1 N–H and O–H groups in total. The molecule has 98 valence electrons. The van der Waals surface area contributed by atoms with Crippen LogP contribution in [0.15, 0.2) is 41.2 Å². The Bertz CT molecular complexity index is 622. The van der Waals surface area contributed by atoms with Crippen molar-refractivity contribution in [2.45, 2.75) is 32.0 Å². The van der Waals surface area contributed by atoms with E-state index >= 15 is 0 Å². The van der Waals surface area contributed by atoms with Gasteiger partial charge in [0, 0.05) is 11.6 Å². The van der Waals surface area contributed by atoms with Crippen LogP contribution in [0.1, 0.15) is 31.7 Å². The first-order chi connectivity index (χ1) is 9.22. The zero-order chi connectivity index (χ0) is 13.2. The minimum Gasteiger partial charge on any atom is -0.367 e. The molecule has 0 saturated carbocycles. The first kappa shape index (κ1) is 12.1. The van der Waals surface area contributed by atoms with Gasteiger partial charge >= 0.3 is 0 Å². The summed E-state index contributed by atoms with van der Waals surface area (Å²) in [5.41, 5.74) is 1.51. The van der Waals surface area contributed by atoms with Gasteiger partial charge in [0.2, 0.25) is 0 Å². The molecule has 2 atom stereocenters. The van der Waals surface area contributed by atoms with E-state index in [1.165, 1.54) is 6.07 Å². The van der Waals surface area contributed by atoms with Crippen LogP contribution in [-0.2, 0) is 4.74 Å². The fraction of sp³-hybridized carbons (Fsp3) is 0.333. The van der Waals surface area contributed by atoms with Crippen LogP contribution in [0, 0.1) is 0 Å². The van der Waals surface area contributed by atoms with Crippen molar-refractivity contribution in [1.29, 1.82) is 0 Å². The summed E-state index contributed by atoms with van der Waals surface area (Å²) in [4.78, 5) is 19.1. The van der Waals surface area contributed by atoms with E-state index in [0.29, 0.717) is 11.5 Å². The van der Waals surface area contributed by atoms with Gasteiger partial charge in [0.15, 0.2) is 0 Å². The summed E-state index contributed by atoms with van der Waals surface area (Å²) in [6.07, 6.45) is 2.05. The molecular formula is C15H16N2O2. The highest BCUT2D eigenvalue weighted by molar-refractivity contribution is 5.58. The number of rotatable bonds is 2. The smallest absolute Gasteiger partial charge is 0.251 e. The lowest BCUT2D eigenvalue weighted by Crippen LogP contribution is -2.14. The zero-order valence-electron chi connectivity index (χ0n) is 10.8. The molecule has 2 aromatic rings. The molecule has 1 aliphatic heterocycles. The zero-order valence-corrected chi connectivity index (χ0v) is 10.8. The predicted molar refractivity (Wildman–Crippen MR) is 72.8 cm³/mol. The van der Waals surface area contributed by atoms with Crippen LogP contribution < -0.4 is 5.56 Å². The van der Waals surface area contributed by atoms with Gasteiger partial charge in [0.1, 0.15) is 11.9 Å². The molecule has 2 heterocycles. The van der Waals surface area contributed by atoms with E-state index in [1.807, 2.05) is 37.3 Å². The molecule has 1 aliphatic rings. The maximum Gasteiger partial charge on any atom is 0.251 e. The summed E-state index contributed by atoms with van der Waals surface area (Å²) in [7, 11) is 0. The molecule has 0 spiro atoms. The van der Waals surface area contributed by atoms with Crippen molar-refractivity contribution in [3.8, 4) is 11.3 Å². The van der Waals surface area contributed by atoms with E-state index in [0.717, 1.165) is 18.4 Å². The largest absolute Gasteiger partial charge is 0.367 e. The number of aromatic amines is 1. The Kier molecular flexibility index (Phi) is 3.17. The highest BCUT2D eigenvalue weighted by Crippen LogP contribution is 2.30. The molecule has 1 aromatic carbocycles. The van der Waals surface area contributed by atoms with Gasteiger partial charge in [0.25, 0.3) is 5.56 Å². The minimum atomic E-state index is -0.132. The Labute approximate surface area is 111 Å². The van der Waals surface area contributed by atoms with Crippen LogP contribution in [0.5, 0.6) is 0 Å². The van der Waals surface area contributed by atoms with Gasteiger partial charge in [0.05, 0.1) is 11.8 Å². The van der Waals surface area contributed by atoms with Gasteiger partial charge < -0.3 is 9.72 Å². The van der Waals surface area contributed by atoms with Crippen LogP contribution in [0.2, 0.25) is 0 Å². The Morgan fingerprint density at radius 2 is 2.05 bits per heavy atom. The normalized spacial score (nSPS) is 22.6. The van der Waals surface area contributed by atoms with Crippen LogP contribution in [0.4, 0.5) is 0 Å². The number of hydrogen-bond donors (Lipinski definition) is 1. The van der Waals surface area contributed by atoms with Gasteiger partial charge in [-0.3, -0.25) is 4.79 Å². The second-order valence-electron chi connectivity index (χ2n) is 4.89. The van der Waals surface area contributed by atoms with Crippen molar-refractivity contribution in [2.75, 3.05) is 0 Å². The number of ether oxygens (including phenoxy) is 1. The first-order valence-electron chi connectivity index (χ1n) is 6.54. The predicted octanol–water partition coefficient (Wildman–Crippen LogP) is 2.68. The average Bonchev–Trinajstić information content (AvgIpc) is 2.86. The summed E-state index contributed by atoms with van der Waals surface area (Å²) in [5.74, 6) is 0.635. The van der Waals surface area contributed by atoms with Crippen LogP contribution >= 0.6 is 0 Å². The van der Waals surface area contributed by atoms with Crippen molar-refractivity contribution < 1.29 is 4.74 Å². The first-order valence-corrected chi connectivity index (χ1v) is 6.54. The van der Waals surface area contributed by atoms with Gasteiger partial charge in [-0.25, -0.2) is 4.98 Å². The monoisotopic (exact) mass is 256 g/mol. The standard InChI is InChI=1S/C15H16N2O2/c1-10-7-8-13(19-10)15-16-12(9-14(18)17-15)11-5-3-2-4-6-11/h2-6,9-10,13H,7-8H2,1H3,(H,16,17,18). The van der Waals surface area contributed by atoms with Crippen LogP contribution in [0.3, 0.4) is 0 Å². The summed E-state index contributed by atoms with van der Waals surface area (Å²) in [6, 6.07) is 11.2. The molecule has 1 saturated heterocycles. The van der Waals surface area contributed by atoms with Gasteiger partial charge in [-0.05, 0) is 19.8 Å². The van der Waals surface area contributed by atoms with Gasteiger partial charge in [-0.2, -0.15) is 0 Å². The Morgan fingerprint density at radius 1 is 1.26 bits per heavy atom. The molecule has 2 unspecified atom stereocenters. The lowest BCUT2D eigenvalue weighted by atomic mass is 10.1. The molecule has 4 nitrogen and oxygen atoms in total. The van der Waals surface area contributed by atoms with Crippen molar-refractivity contribution >= 4 is 0 Å². The van der Waals surface area contributed by atoms with Crippen molar-refractivity contribution in [3.63, 3.8) is 0 Å². The summed E-state index contributed by atoms with van der Waals surface area (Å²) in [5, 5.41) is 0. The second kappa shape index (κ2) is 4.97. The molecule has 0 radical (unpaired) electrons. The van der Waals surface area contributed by atoms with E-state index in [-0.39, 0.29) is 17.8 Å².